The van der Waals surface area contributed by atoms with Crippen molar-refractivity contribution in [2.24, 2.45) is 0 Å². The number of fused-ring (bicyclic) bond motifs is 1. The van der Waals surface area contributed by atoms with Crippen LogP contribution >= 0.6 is 23.2 Å². The maximum atomic E-state index is 13.2. The molecule has 146 valence electrons. The summed E-state index contributed by atoms with van der Waals surface area (Å²) < 4.78 is 34.5. The summed E-state index contributed by atoms with van der Waals surface area (Å²) in [5.74, 6) is 0. The molecule has 0 radical (unpaired) electrons. The Hall–Kier alpha value is -2.06. The van der Waals surface area contributed by atoms with Crippen molar-refractivity contribution in [2.45, 2.75) is 4.90 Å². The number of sulfonamides is 1. The number of nitrogens with one attached hydrogen (secondary N) is 1. The van der Waals surface area contributed by atoms with Gasteiger partial charge < -0.3 is 9.64 Å². The number of benzene rings is 2. The Labute approximate surface area is 173 Å². The second-order valence-corrected chi connectivity index (χ2v) is 8.75. The number of morpholine rings is 1. The van der Waals surface area contributed by atoms with E-state index in [0.29, 0.717) is 58.6 Å². The van der Waals surface area contributed by atoms with Crippen molar-refractivity contribution in [1.29, 1.82) is 0 Å². The second-order valence-electron chi connectivity index (χ2n) is 6.29. The number of anilines is 2. The van der Waals surface area contributed by atoms with Gasteiger partial charge in [0, 0.05) is 24.7 Å². The maximum absolute atomic E-state index is 13.2. The normalized spacial score (nSPS) is 15.0. The molecule has 4 rings (SSSR count). The SMILES string of the molecule is O=S(=O)(Nc1cccc(Cl)c1N1CCOCC1)c1ccc(Cl)c2ncccc12. The predicted octanol–water partition coefficient (Wildman–Crippen LogP) is 4.18. The number of ether oxygens (including phenoxy) is 1. The molecule has 2 aromatic carbocycles. The van der Waals surface area contributed by atoms with Crippen LogP contribution in [-0.2, 0) is 14.8 Å². The highest BCUT2D eigenvalue weighted by atomic mass is 35.5. The number of rotatable bonds is 4. The molecule has 1 aliphatic rings. The Morgan fingerprint density at radius 3 is 2.57 bits per heavy atom. The molecule has 0 saturated carbocycles. The highest BCUT2D eigenvalue weighted by Gasteiger charge is 2.24. The average molecular weight is 438 g/mol. The zero-order valence-corrected chi connectivity index (χ0v) is 17.1. The molecule has 9 heteroatoms. The Bertz CT molecular complexity index is 1130. The summed E-state index contributed by atoms with van der Waals surface area (Å²) >= 11 is 12.6. The first-order valence-electron chi connectivity index (χ1n) is 8.64. The fourth-order valence-corrected chi connectivity index (χ4v) is 5.03. The molecular formula is C19H17Cl2N3O3S. The van der Waals surface area contributed by atoms with Crippen LogP contribution in [0.4, 0.5) is 11.4 Å². The van der Waals surface area contributed by atoms with Gasteiger partial charge in [0.05, 0.1) is 45.0 Å². The first-order valence-corrected chi connectivity index (χ1v) is 10.9. The van der Waals surface area contributed by atoms with Crippen LogP contribution in [0.1, 0.15) is 0 Å². The third-order valence-corrected chi connectivity index (χ3v) is 6.56. The van der Waals surface area contributed by atoms with Gasteiger partial charge >= 0.3 is 0 Å². The highest BCUT2D eigenvalue weighted by molar-refractivity contribution is 7.93. The van der Waals surface area contributed by atoms with Crippen molar-refractivity contribution >= 4 is 55.5 Å². The summed E-state index contributed by atoms with van der Waals surface area (Å²) in [5, 5.41) is 1.33. The molecule has 1 aromatic heterocycles. The quantitative estimate of drug-likeness (QED) is 0.662. The van der Waals surface area contributed by atoms with Crippen LogP contribution in [0, 0.1) is 0 Å². The van der Waals surface area contributed by atoms with Crippen molar-refractivity contribution < 1.29 is 13.2 Å². The zero-order valence-electron chi connectivity index (χ0n) is 14.7. The molecule has 0 unspecified atom stereocenters. The smallest absolute Gasteiger partial charge is 0.262 e. The third-order valence-electron chi connectivity index (χ3n) is 4.53. The van der Waals surface area contributed by atoms with Crippen molar-refractivity contribution in [3.63, 3.8) is 0 Å². The molecule has 1 saturated heterocycles. The van der Waals surface area contributed by atoms with E-state index in [1.54, 1.807) is 36.5 Å². The van der Waals surface area contributed by atoms with Gasteiger partial charge in [-0.25, -0.2) is 8.42 Å². The number of aromatic nitrogens is 1. The fourth-order valence-electron chi connectivity index (χ4n) is 3.25. The van der Waals surface area contributed by atoms with Gasteiger partial charge in [0.15, 0.2) is 0 Å². The summed E-state index contributed by atoms with van der Waals surface area (Å²) in [6.45, 7) is 2.38. The molecule has 1 aliphatic heterocycles. The number of para-hydroxylation sites is 1. The predicted molar refractivity (Wildman–Crippen MR) is 112 cm³/mol. The van der Waals surface area contributed by atoms with Gasteiger partial charge in [-0.1, -0.05) is 29.3 Å². The van der Waals surface area contributed by atoms with Crippen LogP contribution in [0.5, 0.6) is 0 Å². The summed E-state index contributed by atoms with van der Waals surface area (Å²) in [4.78, 5) is 6.32. The van der Waals surface area contributed by atoms with Gasteiger partial charge in [0.25, 0.3) is 10.0 Å². The van der Waals surface area contributed by atoms with Gasteiger partial charge in [0.2, 0.25) is 0 Å². The lowest BCUT2D eigenvalue weighted by Gasteiger charge is -2.31. The van der Waals surface area contributed by atoms with E-state index in [4.69, 9.17) is 27.9 Å². The molecule has 1 fully saturated rings. The monoisotopic (exact) mass is 437 g/mol. The molecule has 1 N–H and O–H groups in total. The van der Waals surface area contributed by atoms with Crippen molar-refractivity contribution in [3.8, 4) is 0 Å². The van der Waals surface area contributed by atoms with E-state index in [0.717, 1.165) is 0 Å². The van der Waals surface area contributed by atoms with E-state index in [9.17, 15) is 8.42 Å². The first-order chi connectivity index (χ1) is 13.5. The molecule has 6 nitrogen and oxygen atoms in total. The minimum Gasteiger partial charge on any atom is -0.378 e. The number of hydrogen-bond acceptors (Lipinski definition) is 5. The van der Waals surface area contributed by atoms with Gasteiger partial charge in [0.1, 0.15) is 0 Å². The average Bonchev–Trinajstić information content (AvgIpc) is 2.69. The van der Waals surface area contributed by atoms with Crippen LogP contribution < -0.4 is 9.62 Å². The van der Waals surface area contributed by atoms with Gasteiger partial charge in [-0.05, 0) is 36.4 Å². The first kappa shape index (κ1) is 19.3. The van der Waals surface area contributed by atoms with Crippen molar-refractivity contribution in [2.75, 3.05) is 35.9 Å². The number of hydrogen-bond donors (Lipinski definition) is 1. The molecule has 0 spiro atoms. The van der Waals surface area contributed by atoms with Crippen molar-refractivity contribution in [1.82, 2.24) is 4.98 Å². The zero-order chi connectivity index (χ0) is 19.7. The van der Waals surface area contributed by atoms with E-state index < -0.39 is 10.0 Å². The lowest BCUT2D eigenvalue weighted by atomic mass is 10.2. The van der Waals surface area contributed by atoms with Crippen LogP contribution in [0.3, 0.4) is 0 Å². The fraction of sp³-hybridized carbons (Fsp3) is 0.211. The van der Waals surface area contributed by atoms with E-state index in [2.05, 4.69) is 9.71 Å². The number of nitrogens with zero attached hydrogens (tertiary/aromatic N) is 2. The van der Waals surface area contributed by atoms with E-state index in [1.165, 1.54) is 12.1 Å². The third kappa shape index (κ3) is 3.63. The lowest BCUT2D eigenvalue weighted by molar-refractivity contribution is 0.123. The minimum absolute atomic E-state index is 0.105. The Balaban J connectivity index is 1.78. The van der Waals surface area contributed by atoms with E-state index >= 15 is 0 Å². The topological polar surface area (TPSA) is 71.5 Å². The summed E-state index contributed by atoms with van der Waals surface area (Å²) in [7, 11) is -3.90. The molecule has 0 aliphatic carbocycles. The molecule has 0 amide bonds. The number of pyridine rings is 1. The maximum Gasteiger partial charge on any atom is 0.262 e. The molecule has 3 aromatic rings. The largest absolute Gasteiger partial charge is 0.378 e. The Kier molecular flexibility index (Phi) is 5.33. The van der Waals surface area contributed by atoms with Gasteiger partial charge in [-0.3, -0.25) is 9.71 Å². The van der Waals surface area contributed by atoms with Crippen LogP contribution in [0.25, 0.3) is 10.9 Å². The number of halogens is 2. The van der Waals surface area contributed by atoms with E-state index in [1.807, 2.05) is 4.90 Å². The standard InChI is InChI=1S/C19H17Cl2N3O3S/c20-14-6-7-17(13-3-2-8-22-18(13)14)28(25,26)23-16-5-1-4-15(21)19(16)24-9-11-27-12-10-24/h1-8,23H,9-12H2. The molecule has 0 atom stereocenters. The van der Waals surface area contributed by atoms with Gasteiger partial charge in [-0.15, -0.1) is 0 Å². The van der Waals surface area contributed by atoms with Crippen LogP contribution in [-0.4, -0.2) is 39.7 Å². The molecular weight excluding hydrogens is 421 g/mol. The summed E-state index contributed by atoms with van der Waals surface area (Å²) in [6.07, 6.45) is 1.57. The van der Waals surface area contributed by atoms with Gasteiger partial charge in [-0.2, -0.15) is 0 Å². The second kappa shape index (κ2) is 7.75. The molecule has 0 bridgehead atoms. The van der Waals surface area contributed by atoms with Crippen LogP contribution in [0.15, 0.2) is 53.6 Å². The summed E-state index contributed by atoms with van der Waals surface area (Å²) in [6, 6.07) is 11.5. The molecule has 2 heterocycles. The molecule has 28 heavy (non-hydrogen) atoms. The Morgan fingerprint density at radius 1 is 1.00 bits per heavy atom. The van der Waals surface area contributed by atoms with Crippen molar-refractivity contribution in [3.05, 3.63) is 58.7 Å². The lowest BCUT2D eigenvalue weighted by Crippen LogP contribution is -2.37. The van der Waals surface area contributed by atoms with E-state index in [-0.39, 0.29) is 4.90 Å². The minimum atomic E-state index is -3.90. The summed E-state index contributed by atoms with van der Waals surface area (Å²) in [5.41, 5.74) is 1.50. The highest BCUT2D eigenvalue weighted by Crippen LogP contribution is 2.36. The van der Waals surface area contributed by atoms with Crippen LogP contribution in [0.2, 0.25) is 10.0 Å². The Morgan fingerprint density at radius 2 is 1.79 bits per heavy atom.